The van der Waals surface area contributed by atoms with Crippen molar-refractivity contribution in [1.82, 2.24) is 4.90 Å². The molecule has 2 aromatic rings. The van der Waals surface area contributed by atoms with E-state index in [-0.39, 0.29) is 30.7 Å². The number of hydrogen-bond donors (Lipinski definition) is 1. The summed E-state index contributed by atoms with van der Waals surface area (Å²) in [6.07, 6.45) is 0.971. The molecule has 2 amide bonds. The second kappa shape index (κ2) is 8.84. The maximum Gasteiger partial charge on any atom is 0.265 e. The standard InChI is InChI=1S/C21H24FN3O3/c1-24(2)10-3-11-25-18-13-17(8-9-19(18)28-14-21(25)27)23-20(26)12-15-4-6-16(22)7-5-15/h4-9,13H,3,10-12,14H2,1-2H3,(H,23,26). The van der Waals surface area contributed by atoms with E-state index in [0.717, 1.165) is 18.5 Å². The van der Waals surface area contributed by atoms with Gasteiger partial charge in [-0.25, -0.2) is 4.39 Å². The van der Waals surface area contributed by atoms with Gasteiger partial charge in [-0.1, -0.05) is 12.1 Å². The number of halogens is 1. The van der Waals surface area contributed by atoms with Gasteiger partial charge in [0.2, 0.25) is 5.91 Å². The first-order valence-corrected chi connectivity index (χ1v) is 9.18. The molecule has 0 unspecified atom stereocenters. The molecule has 0 saturated carbocycles. The molecule has 1 N–H and O–H groups in total. The van der Waals surface area contributed by atoms with Crippen molar-refractivity contribution in [3.8, 4) is 5.75 Å². The highest BCUT2D eigenvalue weighted by atomic mass is 19.1. The fourth-order valence-corrected chi connectivity index (χ4v) is 3.06. The van der Waals surface area contributed by atoms with Crippen LogP contribution in [0.2, 0.25) is 0 Å². The van der Waals surface area contributed by atoms with E-state index >= 15 is 0 Å². The van der Waals surface area contributed by atoms with E-state index in [1.807, 2.05) is 14.1 Å². The lowest BCUT2D eigenvalue weighted by Crippen LogP contribution is -2.40. The summed E-state index contributed by atoms with van der Waals surface area (Å²) in [5.41, 5.74) is 1.97. The monoisotopic (exact) mass is 385 g/mol. The van der Waals surface area contributed by atoms with Crippen LogP contribution in [0.4, 0.5) is 15.8 Å². The average Bonchev–Trinajstić information content (AvgIpc) is 2.65. The van der Waals surface area contributed by atoms with E-state index in [4.69, 9.17) is 4.74 Å². The number of fused-ring (bicyclic) bond motifs is 1. The molecule has 6 nitrogen and oxygen atoms in total. The number of carbonyl (C=O) groups is 2. The van der Waals surface area contributed by atoms with E-state index in [1.165, 1.54) is 12.1 Å². The molecule has 0 spiro atoms. The van der Waals surface area contributed by atoms with Crippen LogP contribution in [0.3, 0.4) is 0 Å². The summed E-state index contributed by atoms with van der Waals surface area (Å²) in [5.74, 6) is -0.0197. The van der Waals surface area contributed by atoms with Crippen molar-refractivity contribution in [2.24, 2.45) is 0 Å². The molecule has 0 aliphatic carbocycles. The Labute approximate surface area is 163 Å². The lowest BCUT2D eigenvalue weighted by Gasteiger charge is -2.30. The molecule has 7 heteroatoms. The van der Waals surface area contributed by atoms with Crippen molar-refractivity contribution < 1.29 is 18.7 Å². The van der Waals surface area contributed by atoms with Crippen LogP contribution in [-0.2, 0) is 16.0 Å². The summed E-state index contributed by atoms with van der Waals surface area (Å²) in [7, 11) is 3.98. The summed E-state index contributed by atoms with van der Waals surface area (Å²) in [5, 5.41) is 2.83. The molecule has 0 bridgehead atoms. The van der Waals surface area contributed by atoms with Gasteiger partial charge < -0.3 is 19.9 Å². The minimum absolute atomic E-state index is 0.0191. The molecule has 0 atom stereocenters. The van der Waals surface area contributed by atoms with Gasteiger partial charge in [0.25, 0.3) is 5.91 Å². The summed E-state index contributed by atoms with van der Waals surface area (Å²) in [6.45, 7) is 1.47. The van der Waals surface area contributed by atoms with E-state index in [2.05, 4.69) is 10.2 Å². The Morgan fingerprint density at radius 3 is 2.68 bits per heavy atom. The van der Waals surface area contributed by atoms with Crippen LogP contribution in [0.5, 0.6) is 5.75 Å². The number of nitrogens with zero attached hydrogens (tertiary/aromatic N) is 2. The molecular formula is C21H24FN3O3. The Morgan fingerprint density at radius 2 is 1.96 bits per heavy atom. The van der Waals surface area contributed by atoms with Gasteiger partial charge in [0.15, 0.2) is 6.61 Å². The number of nitrogens with one attached hydrogen (secondary N) is 1. The lowest BCUT2D eigenvalue weighted by atomic mass is 10.1. The molecule has 0 saturated heterocycles. The highest BCUT2D eigenvalue weighted by Crippen LogP contribution is 2.34. The van der Waals surface area contributed by atoms with Gasteiger partial charge >= 0.3 is 0 Å². The molecule has 1 aliphatic heterocycles. The van der Waals surface area contributed by atoms with Crippen LogP contribution in [0, 0.1) is 5.82 Å². The fraction of sp³-hybridized carbons (Fsp3) is 0.333. The zero-order valence-corrected chi connectivity index (χ0v) is 16.1. The van der Waals surface area contributed by atoms with Crippen LogP contribution in [-0.4, -0.2) is 50.5 Å². The zero-order chi connectivity index (χ0) is 20.1. The minimum Gasteiger partial charge on any atom is -0.482 e. The Balaban J connectivity index is 1.70. The third-order valence-electron chi connectivity index (χ3n) is 4.45. The molecule has 1 aliphatic rings. The molecule has 28 heavy (non-hydrogen) atoms. The number of ether oxygens (including phenoxy) is 1. The minimum atomic E-state index is -0.335. The number of hydrogen-bond acceptors (Lipinski definition) is 4. The Bertz CT molecular complexity index is 852. The van der Waals surface area contributed by atoms with Gasteiger partial charge in [0, 0.05) is 12.2 Å². The molecule has 3 rings (SSSR count). The first-order chi connectivity index (χ1) is 13.4. The molecule has 0 radical (unpaired) electrons. The van der Waals surface area contributed by atoms with E-state index in [9.17, 15) is 14.0 Å². The van der Waals surface area contributed by atoms with Gasteiger partial charge in [0.05, 0.1) is 12.1 Å². The van der Waals surface area contributed by atoms with Gasteiger partial charge in [-0.05, 0) is 63.0 Å². The van der Waals surface area contributed by atoms with E-state index < -0.39 is 0 Å². The summed E-state index contributed by atoms with van der Waals surface area (Å²) >= 11 is 0. The second-order valence-electron chi connectivity index (χ2n) is 7.02. The number of anilines is 2. The van der Waals surface area contributed by atoms with Crippen LogP contribution < -0.4 is 15.0 Å². The van der Waals surface area contributed by atoms with Gasteiger partial charge in [-0.15, -0.1) is 0 Å². The average molecular weight is 385 g/mol. The van der Waals surface area contributed by atoms with Crippen LogP contribution in [0.25, 0.3) is 0 Å². The van der Waals surface area contributed by atoms with Gasteiger partial charge in [-0.3, -0.25) is 9.59 Å². The SMILES string of the molecule is CN(C)CCCN1C(=O)COc2ccc(NC(=O)Cc3ccc(F)cc3)cc21. The number of benzene rings is 2. The first kappa shape index (κ1) is 19.8. The fourth-order valence-electron chi connectivity index (χ4n) is 3.06. The third kappa shape index (κ3) is 5.07. The lowest BCUT2D eigenvalue weighted by molar-refractivity contribution is -0.121. The highest BCUT2D eigenvalue weighted by Gasteiger charge is 2.25. The van der Waals surface area contributed by atoms with Crippen molar-refractivity contribution in [2.75, 3.05) is 44.0 Å². The van der Waals surface area contributed by atoms with Crippen molar-refractivity contribution in [1.29, 1.82) is 0 Å². The van der Waals surface area contributed by atoms with Crippen molar-refractivity contribution >= 4 is 23.2 Å². The van der Waals surface area contributed by atoms with Crippen molar-refractivity contribution in [3.05, 3.63) is 53.8 Å². The number of amides is 2. The Kier molecular flexibility index (Phi) is 6.26. The molecule has 148 valence electrons. The van der Waals surface area contributed by atoms with Crippen molar-refractivity contribution in [2.45, 2.75) is 12.8 Å². The topological polar surface area (TPSA) is 61.9 Å². The van der Waals surface area contributed by atoms with E-state index in [0.29, 0.717) is 23.7 Å². The normalized spacial score (nSPS) is 13.3. The molecule has 0 aromatic heterocycles. The molecule has 2 aromatic carbocycles. The Morgan fingerprint density at radius 1 is 1.21 bits per heavy atom. The quantitative estimate of drug-likeness (QED) is 0.796. The number of rotatable bonds is 7. The molecule has 0 fully saturated rings. The third-order valence-corrected chi connectivity index (χ3v) is 4.45. The van der Waals surface area contributed by atoms with Crippen LogP contribution >= 0.6 is 0 Å². The smallest absolute Gasteiger partial charge is 0.265 e. The maximum absolute atomic E-state index is 13.0. The number of carbonyl (C=O) groups excluding carboxylic acids is 2. The highest BCUT2D eigenvalue weighted by molar-refractivity contribution is 5.99. The summed E-state index contributed by atoms with van der Waals surface area (Å²) in [6, 6.07) is 11.1. The Hall–Kier alpha value is -2.93. The van der Waals surface area contributed by atoms with Gasteiger partial charge in [-0.2, -0.15) is 0 Å². The molecular weight excluding hydrogens is 361 g/mol. The van der Waals surface area contributed by atoms with Crippen molar-refractivity contribution in [3.63, 3.8) is 0 Å². The van der Waals surface area contributed by atoms with E-state index in [1.54, 1.807) is 35.2 Å². The predicted octanol–water partition coefficient (Wildman–Crippen LogP) is 2.68. The zero-order valence-electron chi connectivity index (χ0n) is 16.1. The van der Waals surface area contributed by atoms with Crippen LogP contribution in [0.1, 0.15) is 12.0 Å². The summed E-state index contributed by atoms with van der Waals surface area (Å²) in [4.78, 5) is 28.4. The first-order valence-electron chi connectivity index (χ1n) is 9.18. The molecule has 1 heterocycles. The summed E-state index contributed by atoms with van der Waals surface area (Å²) < 4.78 is 18.5. The van der Waals surface area contributed by atoms with Gasteiger partial charge in [0.1, 0.15) is 11.6 Å². The predicted molar refractivity (Wildman–Crippen MR) is 106 cm³/mol. The van der Waals surface area contributed by atoms with Crippen LogP contribution in [0.15, 0.2) is 42.5 Å². The largest absolute Gasteiger partial charge is 0.482 e. The maximum atomic E-state index is 13.0. The second-order valence-corrected chi connectivity index (χ2v) is 7.02.